The first-order chi connectivity index (χ1) is 17.1. The second-order valence-electron chi connectivity index (χ2n) is 8.01. The van der Waals surface area contributed by atoms with Gasteiger partial charge in [-0.05, 0) is 18.1 Å². The van der Waals surface area contributed by atoms with Crippen LogP contribution in [0.2, 0.25) is 0 Å². The number of benzene rings is 2. The number of nitrogens with one attached hydrogen (secondary N) is 2. The molecule has 0 radical (unpaired) electrons. The summed E-state index contributed by atoms with van der Waals surface area (Å²) in [5.41, 5.74) is -0.176. The summed E-state index contributed by atoms with van der Waals surface area (Å²) in [5, 5.41) is 36.2. The second-order valence-corrected chi connectivity index (χ2v) is 8.96. The fourth-order valence-corrected chi connectivity index (χ4v) is 4.01. The molecular formula is C22H23N7O6S. The Morgan fingerprint density at radius 2 is 1.78 bits per heavy atom. The average molecular weight is 514 g/mol. The molecule has 0 aliphatic carbocycles. The lowest BCUT2D eigenvalue weighted by Crippen LogP contribution is -2.33. The molecule has 1 heterocycles. The SMILES string of the molecule is CC(C)[C@@H](NC(=O)c1cccc([N+](=O)[O-])c1)c1nnc(SCC(=O)Nc2ccccc2[N+](=O)[O-])n1C. The molecule has 2 amide bonds. The zero-order valence-corrected chi connectivity index (χ0v) is 20.4. The summed E-state index contributed by atoms with van der Waals surface area (Å²) < 4.78 is 1.64. The summed E-state index contributed by atoms with van der Waals surface area (Å²) in [4.78, 5) is 46.2. The van der Waals surface area contributed by atoms with E-state index in [-0.39, 0.29) is 34.3 Å². The van der Waals surface area contributed by atoms with E-state index in [1.54, 1.807) is 17.7 Å². The first-order valence-electron chi connectivity index (χ1n) is 10.7. The molecule has 0 aliphatic rings. The smallest absolute Gasteiger partial charge is 0.292 e. The number of anilines is 1. The minimum Gasteiger partial charge on any atom is -0.342 e. The van der Waals surface area contributed by atoms with Gasteiger partial charge in [-0.2, -0.15) is 0 Å². The molecule has 0 saturated heterocycles. The number of non-ortho nitro benzene ring substituents is 1. The van der Waals surface area contributed by atoms with Crippen LogP contribution in [0.1, 0.15) is 36.1 Å². The van der Waals surface area contributed by atoms with E-state index in [1.165, 1.54) is 42.5 Å². The number of aromatic nitrogens is 3. The highest BCUT2D eigenvalue weighted by atomic mass is 32.2. The minimum atomic E-state index is -0.578. The summed E-state index contributed by atoms with van der Waals surface area (Å²) in [6.07, 6.45) is 0. The number of para-hydroxylation sites is 2. The quantitative estimate of drug-likeness (QED) is 0.233. The molecule has 13 nitrogen and oxygen atoms in total. The highest BCUT2D eigenvalue weighted by molar-refractivity contribution is 7.99. The van der Waals surface area contributed by atoms with E-state index in [0.29, 0.717) is 11.0 Å². The lowest BCUT2D eigenvalue weighted by molar-refractivity contribution is -0.384. The minimum absolute atomic E-state index is 0.0790. The van der Waals surface area contributed by atoms with Crippen molar-refractivity contribution < 1.29 is 19.4 Å². The highest BCUT2D eigenvalue weighted by Gasteiger charge is 2.26. The Labute approximate surface area is 209 Å². The van der Waals surface area contributed by atoms with Gasteiger partial charge in [0.25, 0.3) is 17.3 Å². The summed E-state index contributed by atoms with van der Waals surface area (Å²) >= 11 is 1.08. The number of carbonyl (C=O) groups is 2. The van der Waals surface area contributed by atoms with Gasteiger partial charge in [-0.1, -0.05) is 43.8 Å². The van der Waals surface area contributed by atoms with Gasteiger partial charge >= 0.3 is 0 Å². The van der Waals surface area contributed by atoms with Crippen molar-refractivity contribution >= 4 is 40.6 Å². The zero-order chi connectivity index (χ0) is 26.4. The van der Waals surface area contributed by atoms with Crippen LogP contribution in [-0.4, -0.2) is 42.2 Å². The van der Waals surface area contributed by atoms with Gasteiger partial charge < -0.3 is 15.2 Å². The van der Waals surface area contributed by atoms with Crippen LogP contribution in [-0.2, 0) is 11.8 Å². The van der Waals surface area contributed by atoms with Crippen LogP contribution < -0.4 is 10.6 Å². The molecule has 14 heteroatoms. The molecule has 3 rings (SSSR count). The number of hydrogen-bond acceptors (Lipinski definition) is 9. The summed E-state index contributed by atoms with van der Waals surface area (Å²) in [5.74, 6) is -0.706. The molecule has 1 atom stereocenters. The van der Waals surface area contributed by atoms with E-state index < -0.39 is 27.7 Å². The van der Waals surface area contributed by atoms with Crippen LogP contribution in [0.5, 0.6) is 0 Å². The standard InChI is InChI=1S/C22H23N7O6S/c1-13(2)19(24-21(31)14-7-6-8-15(11-14)28(32)33)20-25-26-22(27(20)3)36-12-18(30)23-16-9-4-5-10-17(16)29(34)35/h4-11,13,19H,12H2,1-3H3,(H,23,30)(H,24,31)/t19-/m1/s1. The maximum absolute atomic E-state index is 12.8. The Bertz CT molecular complexity index is 1310. The first kappa shape index (κ1) is 26.3. The maximum Gasteiger partial charge on any atom is 0.292 e. The van der Waals surface area contributed by atoms with Gasteiger partial charge in [0.15, 0.2) is 11.0 Å². The number of nitrogens with zero attached hydrogens (tertiary/aromatic N) is 5. The van der Waals surface area contributed by atoms with Gasteiger partial charge in [-0.3, -0.25) is 29.8 Å². The van der Waals surface area contributed by atoms with Crippen LogP contribution in [0.3, 0.4) is 0 Å². The predicted octanol–water partition coefficient (Wildman–Crippen LogP) is 3.49. The van der Waals surface area contributed by atoms with Crippen molar-refractivity contribution in [2.75, 3.05) is 11.1 Å². The Morgan fingerprint density at radius 3 is 2.44 bits per heavy atom. The number of rotatable bonds is 10. The average Bonchev–Trinajstić information content (AvgIpc) is 3.20. The van der Waals surface area contributed by atoms with Crippen LogP contribution in [0.15, 0.2) is 53.7 Å². The Morgan fingerprint density at radius 1 is 1.06 bits per heavy atom. The fraction of sp³-hybridized carbons (Fsp3) is 0.273. The lowest BCUT2D eigenvalue weighted by atomic mass is 10.0. The van der Waals surface area contributed by atoms with Crippen molar-refractivity contribution in [1.82, 2.24) is 20.1 Å². The van der Waals surface area contributed by atoms with Gasteiger partial charge in [-0.25, -0.2) is 0 Å². The molecule has 0 fully saturated rings. The molecule has 0 aliphatic heterocycles. The third kappa shape index (κ3) is 6.21. The van der Waals surface area contributed by atoms with Crippen LogP contribution in [0.25, 0.3) is 0 Å². The fourth-order valence-electron chi connectivity index (χ4n) is 3.29. The van der Waals surface area contributed by atoms with Crippen LogP contribution >= 0.6 is 11.8 Å². The first-order valence-corrected chi connectivity index (χ1v) is 11.7. The van der Waals surface area contributed by atoms with E-state index in [1.807, 2.05) is 13.8 Å². The van der Waals surface area contributed by atoms with E-state index in [9.17, 15) is 29.8 Å². The van der Waals surface area contributed by atoms with E-state index in [4.69, 9.17) is 0 Å². The largest absolute Gasteiger partial charge is 0.342 e. The molecule has 0 saturated carbocycles. The molecular weight excluding hydrogens is 490 g/mol. The topological polar surface area (TPSA) is 175 Å². The molecule has 0 spiro atoms. The van der Waals surface area contributed by atoms with E-state index >= 15 is 0 Å². The molecule has 3 aromatic rings. The number of hydrogen-bond donors (Lipinski definition) is 2. The number of amides is 2. The third-order valence-electron chi connectivity index (χ3n) is 5.13. The molecule has 36 heavy (non-hydrogen) atoms. The molecule has 188 valence electrons. The van der Waals surface area contributed by atoms with Gasteiger partial charge in [0.05, 0.1) is 21.6 Å². The molecule has 2 aromatic carbocycles. The number of nitro benzene ring substituents is 2. The van der Waals surface area contributed by atoms with Crippen molar-refractivity contribution in [1.29, 1.82) is 0 Å². The molecule has 0 bridgehead atoms. The summed E-state index contributed by atoms with van der Waals surface area (Å²) in [6, 6.07) is 10.7. The normalized spacial score (nSPS) is 11.7. The Kier molecular flexibility index (Phi) is 8.32. The monoisotopic (exact) mass is 513 g/mol. The van der Waals surface area contributed by atoms with Crippen LogP contribution in [0, 0.1) is 26.1 Å². The highest BCUT2D eigenvalue weighted by Crippen LogP contribution is 2.26. The van der Waals surface area contributed by atoms with Crippen molar-refractivity contribution in [2.24, 2.45) is 13.0 Å². The molecule has 0 unspecified atom stereocenters. The van der Waals surface area contributed by atoms with Gasteiger partial charge in [0, 0.05) is 30.8 Å². The number of carbonyl (C=O) groups excluding carboxylic acids is 2. The third-order valence-corrected chi connectivity index (χ3v) is 6.15. The number of nitro groups is 2. The van der Waals surface area contributed by atoms with E-state index in [0.717, 1.165) is 11.8 Å². The maximum atomic E-state index is 12.8. The zero-order valence-electron chi connectivity index (χ0n) is 19.6. The summed E-state index contributed by atoms with van der Waals surface area (Å²) in [7, 11) is 1.69. The van der Waals surface area contributed by atoms with E-state index in [2.05, 4.69) is 20.8 Å². The predicted molar refractivity (Wildman–Crippen MR) is 132 cm³/mol. The molecule has 2 N–H and O–H groups in total. The lowest BCUT2D eigenvalue weighted by Gasteiger charge is -2.21. The van der Waals surface area contributed by atoms with Crippen molar-refractivity contribution in [3.8, 4) is 0 Å². The number of thioether (sulfide) groups is 1. The molecule has 1 aromatic heterocycles. The Hall–Kier alpha value is -4.33. The van der Waals surface area contributed by atoms with Crippen molar-refractivity contribution in [3.63, 3.8) is 0 Å². The van der Waals surface area contributed by atoms with Gasteiger partial charge in [0.1, 0.15) is 5.69 Å². The van der Waals surface area contributed by atoms with Crippen molar-refractivity contribution in [3.05, 3.63) is 80.1 Å². The van der Waals surface area contributed by atoms with Crippen molar-refractivity contribution in [2.45, 2.75) is 25.0 Å². The van der Waals surface area contributed by atoms with Gasteiger partial charge in [-0.15, -0.1) is 10.2 Å². The van der Waals surface area contributed by atoms with Gasteiger partial charge in [0.2, 0.25) is 5.91 Å². The summed E-state index contributed by atoms with van der Waals surface area (Å²) in [6.45, 7) is 3.75. The second kappa shape index (κ2) is 11.4. The Balaban J connectivity index is 1.70. The van der Waals surface area contributed by atoms with Crippen LogP contribution in [0.4, 0.5) is 17.1 Å².